The van der Waals surface area contributed by atoms with Crippen LogP contribution in [0.4, 0.5) is 31.1 Å². The standard InChI is InChI=1S/C21H21F2N5O2S/c1-27-9-10-28(11-16(27)29)13-7-5-12(6-8-13)25-21-26-20(24)19(31-21)18(30)17-14(22)3-2-4-15(17)23/h3,5-8H,2,4,9-11,24H2,1H3,(H,25,26). The number of anilines is 4. The molecule has 1 aliphatic heterocycles. The van der Waals surface area contributed by atoms with Crippen LogP contribution in [0.15, 0.2) is 47.6 Å². The van der Waals surface area contributed by atoms with Crippen molar-refractivity contribution >= 4 is 45.4 Å². The molecule has 1 saturated heterocycles. The number of halogens is 2. The predicted octanol–water partition coefficient (Wildman–Crippen LogP) is 3.80. The lowest BCUT2D eigenvalue weighted by molar-refractivity contribution is -0.129. The Morgan fingerprint density at radius 2 is 1.97 bits per heavy atom. The van der Waals surface area contributed by atoms with Gasteiger partial charge in [-0.05, 0) is 36.8 Å². The van der Waals surface area contributed by atoms with Gasteiger partial charge in [-0.2, -0.15) is 0 Å². The number of piperazine rings is 1. The number of nitrogens with zero attached hydrogens (tertiary/aromatic N) is 3. The maximum atomic E-state index is 14.0. The third kappa shape index (κ3) is 4.29. The second-order valence-electron chi connectivity index (χ2n) is 7.34. The Bertz CT molecular complexity index is 1090. The van der Waals surface area contributed by atoms with Crippen molar-refractivity contribution < 1.29 is 18.4 Å². The maximum absolute atomic E-state index is 14.0. The fourth-order valence-electron chi connectivity index (χ4n) is 3.43. The van der Waals surface area contributed by atoms with Crippen molar-refractivity contribution in [3.8, 4) is 0 Å². The first-order valence-corrected chi connectivity index (χ1v) is 10.6. The summed E-state index contributed by atoms with van der Waals surface area (Å²) >= 11 is 0.941. The number of aromatic nitrogens is 1. The van der Waals surface area contributed by atoms with E-state index in [1.54, 1.807) is 11.9 Å². The molecule has 1 amide bonds. The van der Waals surface area contributed by atoms with Gasteiger partial charge in [0, 0.05) is 37.9 Å². The monoisotopic (exact) mass is 445 g/mol. The van der Waals surface area contributed by atoms with Crippen molar-refractivity contribution in [3.05, 3.63) is 52.4 Å². The average Bonchev–Trinajstić information content (AvgIpc) is 3.10. The molecule has 0 bridgehead atoms. The van der Waals surface area contributed by atoms with Gasteiger partial charge in [-0.15, -0.1) is 0 Å². The molecule has 10 heteroatoms. The third-order valence-corrected chi connectivity index (χ3v) is 6.21. The summed E-state index contributed by atoms with van der Waals surface area (Å²) in [5.74, 6) is -2.45. The number of nitrogens with two attached hydrogens (primary N) is 1. The van der Waals surface area contributed by atoms with Crippen LogP contribution in [0, 0.1) is 0 Å². The van der Waals surface area contributed by atoms with Crippen molar-refractivity contribution in [1.82, 2.24) is 9.88 Å². The second-order valence-corrected chi connectivity index (χ2v) is 8.34. The highest BCUT2D eigenvalue weighted by atomic mass is 32.1. The SMILES string of the molecule is CN1CCN(c2ccc(Nc3nc(N)c(C(=O)C4=C(F)CCC=C4F)s3)cc2)CC1=O. The van der Waals surface area contributed by atoms with E-state index >= 15 is 0 Å². The second kappa shape index (κ2) is 8.46. The summed E-state index contributed by atoms with van der Waals surface area (Å²) in [6.45, 7) is 1.75. The number of thiazole rings is 1. The molecule has 4 rings (SSSR count). The molecule has 162 valence electrons. The Balaban J connectivity index is 1.48. The van der Waals surface area contributed by atoms with Crippen LogP contribution < -0.4 is 16.0 Å². The molecule has 1 aromatic carbocycles. The Hall–Kier alpha value is -3.27. The molecule has 1 aliphatic carbocycles. The molecule has 0 spiro atoms. The molecule has 2 aliphatic rings. The zero-order valence-corrected chi connectivity index (χ0v) is 17.6. The van der Waals surface area contributed by atoms with Crippen molar-refractivity contribution in [2.45, 2.75) is 12.8 Å². The van der Waals surface area contributed by atoms with Crippen LogP contribution in [0.2, 0.25) is 0 Å². The van der Waals surface area contributed by atoms with E-state index in [0.717, 1.165) is 23.6 Å². The highest BCUT2D eigenvalue weighted by Gasteiger charge is 2.28. The molecule has 1 fully saturated rings. The van der Waals surface area contributed by atoms with E-state index in [4.69, 9.17) is 5.73 Å². The van der Waals surface area contributed by atoms with E-state index in [2.05, 4.69) is 10.3 Å². The molecule has 0 saturated carbocycles. The lowest BCUT2D eigenvalue weighted by atomic mass is 10.00. The summed E-state index contributed by atoms with van der Waals surface area (Å²) in [6, 6.07) is 7.41. The van der Waals surface area contributed by atoms with Gasteiger partial charge in [0.15, 0.2) is 5.13 Å². The minimum absolute atomic E-state index is 0.00864. The van der Waals surface area contributed by atoms with Crippen molar-refractivity contribution in [2.24, 2.45) is 0 Å². The van der Waals surface area contributed by atoms with Crippen molar-refractivity contribution in [2.75, 3.05) is 42.6 Å². The Morgan fingerprint density at radius 1 is 1.23 bits per heavy atom. The summed E-state index contributed by atoms with van der Waals surface area (Å²) in [4.78, 5) is 32.3. The molecule has 3 N–H and O–H groups in total. The number of rotatable bonds is 5. The number of carbonyl (C=O) groups excluding carboxylic acids is 2. The summed E-state index contributed by atoms with van der Waals surface area (Å²) in [5.41, 5.74) is 6.90. The Kier molecular flexibility index (Phi) is 5.73. The molecule has 7 nitrogen and oxygen atoms in total. The largest absolute Gasteiger partial charge is 0.382 e. The first-order valence-electron chi connectivity index (χ1n) is 9.75. The first kappa shape index (κ1) is 21.0. The van der Waals surface area contributed by atoms with Gasteiger partial charge in [-0.25, -0.2) is 13.8 Å². The smallest absolute Gasteiger partial charge is 0.241 e. The molecule has 0 unspecified atom stereocenters. The number of allylic oxidation sites excluding steroid dienone is 4. The first-order chi connectivity index (χ1) is 14.8. The van der Waals surface area contributed by atoms with Crippen molar-refractivity contribution in [1.29, 1.82) is 0 Å². The fourth-order valence-corrected chi connectivity index (χ4v) is 4.28. The molecule has 1 aromatic heterocycles. The summed E-state index contributed by atoms with van der Waals surface area (Å²) in [5, 5.41) is 3.39. The predicted molar refractivity (Wildman–Crippen MR) is 117 cm³/mol. The number of ketones is 1. The quantitative estimate of drug-likeness (QED) is 0.681. The number of likely N-dealkylation sites (N-methyl/N-ethyl adjacent to an activating group) is 1. The number of Topliss-reactive ketones (excluding diaryl/α,β-unsaturated/α-hetero) is 1. The number of nitrogens with one attached hydrogen (secondary N) is 1. The zero-order chi connectivity index (χ0) is 22.1. The van der Waals surface area contributed by atoms with Gasteiger partial charge in [0.25, 0.3) is 0 Å². The van der Waals surface area contributed by atoms with Crippen LogP contribution in [0.3, 0.4) is 0 Å². The van der Waals surface area contributed by atoms with E-state index in [1.165, 1.54) is 6.08 Å². The minimum atomic E-state index is -0.867. The van der Waals surface area contributed by atoms with E-state index < -0.39 is 23.0 Å². The Labute approximate surface area is 181 Å². The van der Waals surface area contributed by atoms with Gasteiger partial charge >= 0.3 is 0 Å². The van der Waals surface area contributed by atoms with Crippen LogP contribution in [0.5, 0.6) is 0 Å². The van der Waals surface area contributed by atoms with Crippen LogP contribution in [-0.4, -0.2) is 48.3 Å². The average molecular weight is 445 g/mol. The highest BCUT2D eigenvalue weighted by molar-refractivity contribution is 7.18. The maximum Gasteiger partial charge on any atom is 0.241 e. The zero-order valence-electron chi connectivity index (χ0n) is 16.8. The highest BCUT2D eigenvalue weighted by Crippen LogP contribution is 2.35. The number of benzene rings is 1. The number of hydrogen-bond donors (Lipinski definition) is 2. The summed E-state index contributed by atoms with van der Waals surface area (Å²) < 4.78 is 28.0. The van der Waals surface area contributed by atoms with Gasteiger partial charge < -0.3 is 20.9 Å². The topological polar surface area (TPSA) is 91.6 Å². The lowest BCUT2D eigenvalue weighted by Crippen LogP contribution is -2.48. The third-order valence-electron chi connectivity index (χ3n) is 5.23. The molecule has 0 radical (unpaired) electrons. The fraction of sp³-hybridized carbons (Fsp3) is 0.286. The normalized spacial score (nSPS) is 17.1. The minimum Gasteiger partial charge on any atom is -0.382 e. The molecule has 2 heterocycles. The van der Waals surface area contributed by atoms with Gasteiger partial charge in [-0.1, -0.05) is 11.3 Å². The summed E-state index contributed by atoms with van der Waals surface area (Å²) in [6.07, 6.45) is 1.41. The molecule has 2 aromatic rings. The van der Waals surface area contributed by atoms with E-state index in [0.29, 0.717) is 23.9 Å². The van der Waals surface area contributed by atoms with E-state index in [9.17, 15) is 18.4 Å². The number of nitrogen functional groups attached to an aromatic ring is 1. The van der Waals surface area contributed by atoms with Crippen LogP contribution in [-0.2, 0) is 4.79 Å². The van der Waals surface area contributed by atoms with E-state index in [-0.39, 0.29) is 29.4 Å². The number of carbonyl (C=O) groups is 2. The molecule has 0 atom stereocenters. The molecule has 31 heavy (non-hydrogen) atoms. The Morgan fingerprint density at radius 3 is 2.65 bits per heavy atom. The summed E-state index contributed by atoms with van der Waals surface area (Å²) in [7, 11) is 1.79. The van der Waals surface area contributed by atoms with E-state index in [1.807, 2.05) is 29.2 Å². The van der Waals surface area contributed by atoms with Gasteiger partial charge in [0.2, 0.25) is 11.7 Å². The lowest BCUT2D eigenvalue weighted by Gasteiger charge is -2.33. The molecular weight excluding hydrogens is 424 g/mol. The van der Waals surface area contributed by atoms with Gasteiger partial charge in [-0.3, -0.25) is 9.59 Å². The molecular formula is C21H21F2N5O2S. The number of amides is 1. The van der Waals surface area contributed by atoms with Crippen LogP contribution in [0.1, 0.15) is 22.5 Å². The van der Waals surface area contributed by atoms with Crippen molar-refractivity contribution in [3.63, 3.8) is 0 Å². The number of hydrogen-bond acceptors (Lipinski definition) is 7. The van der Waals surface area contributed by atoms with Crippen LogP contribution >= 0.6 is 11.3 Å². The van der Waals surface area contributed by atoms with Crippen LogP contribution in [0.25, 0.3) is 0 Å². The van der Waals surface area contributed by atoms with Gasteiger partial charge in [0.1, 0.15) is 22.3 Å². The van der Waals surface area contributed by atoms with Gasteiger partial charge in [0.05, 0.1) is 12.1 Å².